The minimum absolute atomic E-state index is 0. The Morgan fingerprint density at radius 3 is 2.76 bits per heavy atom. The zero-order valence-corrected chi connectivity index (χ0v) is 19.6. The van der Waals surface area contributed by atoms with Crippen molar-refractivity contribution in [1.29, 1.82) is 0 Å². The van der Waals surface area contributed by atoms with Crippen LogP contribution in [0.4, 0.5) is 0 Å². The van der Waals surface area contributed by atoms with Gasteiger partial charge in [-0.2, -0.15) is 9.61 Å². The monoisotopic (exact) mass is 480 g/mol. The maximum Gasteiger partial charge on any atom is 0.352 e. The summed E-state index contributed by atoms with van der Waals surface area (Å²) in [7, 11) is 1.66. The van der Waals surface area contributed by atoms with Crippen LogP contribution in [0.3, 0.4) is 0 Å². The molecule has 0 saturated carbocycles. The molecule has 9 heteroatoms. The van der Waals surface area contributed by atoms with Crippen LogP contribution in [0.5, 0.6) is 5.75 Å². The maximum atomic E-state index is 13.4. The number of hydrogen-bond acceptors (Lipinski definition) is 7. The van der Waals surface area contributed by atoms with E-state index in [1.54, 1.807) is 18.4 Å². The van der Waals surface area contributed by atoms with Gasteiger partial charge in [-0.25, -0.2) is 9.78 Å². The maximum absolute atomic E-state index is 13.4. The first-order chi connectivity index (χ1) is 16.2. The molecule has 6 rings (SSSR count). The average molecular weight is 481 g/mol. The summed E-state index contributed by atoms with van der Waals surface area (Å²) in [6.07, 6.45) is 5.00. The number of fused-ring (bicyclic) bond motifs is 5. The molecule has 1 saturated heterocycles. The SMILES string of the molecule is C.COc1ccc(Cn2c(=O)n3ncnc3c3c4c(sc32)CN(CC2CCNCC2)CC4)cc1. The minimum atomic E-state index is -0.143. The molecular formula is C25H32N6O2S. The average Bonchev–Trinajstić information content (AvgIpc) is 3.47. The number of nitrogens with one attached hydrogen (secondary N) is 1. The van der Waals surface area contributed by atoms with Crippen LogP contribution in [0, 0.1) is 5.92 Å². The predicted molar refractivity (Wildman–Crippen MR) is 136 cm³/mol. The van der Waals surface area contributed by atoms with Crippen molar-refractivity contribution in [2.24, 2.45) is 5.92 Å². The first-order valence-corrected chi connectivity index (χ1v) is 12.5. The van der Waals surface area contributed by atoms with Gasteiger partial charge >= 0.3 is 5.69 Å². The Hall–Kier alpha value is -2.75. The molecule has 0 unspecified atom stereocenters. The van der Waals surface area contributed by atoms with Gasteiger partial charge in [-0.05, 0) is 61.5 Å². The number of benzene rings is 1. The van der Waals surface area contributed by atoms with E-state index in [9.17, 15) is 4.79 Å². The van der Waals surface area contributed by atoms with Crippen LogP contribution in [0.1, 0.15) is 36.3 Å². The number of methoxy groups -OCH3 is 1. The van der Waals surface area contributed by atoms with E-state index in [4.69, 9.17) is 4.74 Å². The number of ether oxygens (including phenoxy) is 1. The zero-order chi connectivity index (χ0) is 22.4. The summed E-state index contributed by atoms with van der Waals surface area (Å²) in [6.45, 7) is 5.93. The summed E-state index contributed by atoms with van der Waals surface area (Å²) in [6, 6.07) is 7.89. The number of piperidine rings is 1. The van der Waals surface area contributed by atoms with E-state index in [-0.39, 0.29) is 13.1 Å². The van der Waals surface area contributed by atoms with Crippen LogP contribution < -0.4 is 15.7 Å². The van der Waals surface area contributed by atoms with Crippen LogP contribution in [0.15, 0.2) is 35.4 Å². The predicted octanol–water partition coefficient (Wildman–Crippen LogP) is 3.16. The van der Waals surface area contributed by atoms with Crippen molar-refractivity contribution in [2.75, 3.05) is 33.3 Å². The number of thiophene rings is 1. The molecule has 1 aromatic carbocycles. The van der Waals surface area contributed by atoms with Crippen molar-refractivity contribution in [3.05, 3.63) is 57.1 Å². The molecule has 0 bridgehead atoms. The van der Waals surface area contributed by atoms with Crippen LogP contribution in [0.25, 0.3) is 15.9 Å². The highest BCUT2D eigenvalue weighted by Crippen LogP contribution is 2.37. The molecule has 34 heavy (non-hydrogen) atoms. The summed E-state index contributed by atoms with van der Waals surface area (Å²) in [5, 5.41) is 8.83. The number of hydrogen-bond donors (Lipinski definition) is 1. The van der Waals surface area contributed by atoms with E-state index >= 15 is 0 Å². The van der Waals surface area contributed by atoms with Gasteiger partial charge in [-0.1, -0.05) is 19.6 Å². The van der Waals surface area contributed by atoms with Crippen molar-refractivity contribution >= 4 is 27.2 Å². The van der Waals surface area contributed by atoms with Crippen LogP contribution >= 0.6 is 11.3 Å². The van der Waals surface area contributed by atoms with Gasteiger partial charge < -0.3 is 10.1 Å². The third-order valence-corrected chi connectivity index (χ3v) is 8.26. The van der Waals surface area contributed by atoms with E-state index in [2.05, 4.69) is 20.3 Å². The molecule has 8 nitrogen and oxygen atoms in total. The Kier molecular flexibility index (Phi) is 6.42. The molecule has 1 N–H and O–H groups in total. The molecule has 0 atom stereocenters. The fourth-order valence-electron chi connectivity index (χ4n) is 5.25. The van der Waals surface area contributed by atoms with Crippen LogP contribution in [0.2, 0.25) is 0 Å². The van der Waals surface area contributed by atoms with Crippen molar-refractivity contribution in [2.45, 2.75) is 39.8 Å². The van der Waals surface area contributed by atoms with Gasteiger partial charge in [0.1, 0.15) is 16.9 Å². The molecule has 0 amide bonds. The van der Waals surface area contributed by atoms with E-state index in [0.29, 0.717) is 12.2 Å². The van der Waals surface area contributed by atoms with Gasteiger partial charge in [-0.15, -0.1) is 11.3 Å². The molecule has 1 fully saturated rings. The highest BCUT2D eigenvalue weighted by Gasteiger charge is 2.27. The van der Waals surface area contributed by atoms with E-state index in [0.717, 1.165) is 66.6 Å². The first kappa shape index (κ1) is 23.0. The summed E-state index contributed by atoms with van der Waals surface area (Å²) in [5.74, 6) is 1.59. The highest BCUT2D eigenvalue weighted by atomic mass is 32.1. The normalized spacial score (nSPS) is 17.1. The standard InChI is InChI=1S/C24H28N6O2S.CH4/c1-32-18-4-2-16(3-5-18)13-29-23-21(22-26-15-27-30(22)24(29)31)19-8-11-28(14-20(19)33-23)12-17-6-9-25-10-7-17;/h2-5,15,17,25H,6-14H2,1H3;1H4. The minimum Gasteiger partial charge on any atom is -0.497 e. The molecule has 180 valence electrons. The summed E-state index contributed by atoms with van der Waals surface area (Å²) < 4.78 is 8.60. The summed E-state index contributed by atoms with van der Waals surface area (Å²) in [4.78, 5) is 22.8. The lowest BCUT2D eigenvalue weighted by Gasteiger charge is -2.32. The Morgan fingerprint density at radius 2 is 2.00 bits per heavy atom. The Labute approximate surface area is 203 Å². The molecule has 4 aromatic rings. The molecule has 3 aromatic heterocycles. The third-order valence-electron chi connectivity index (χ3n) is 7.02. The quantitative estimate of drug-likeness (QED) is 0.473. The van der Waals surface area contributed by atoms with Crippen LogP contribution in [-0.4, -0.2) is 57.4 Å². The molecular weight excluding hydrogens is 448 g/mol. The van der Waals surface area contributed by atoms with Crippen molar-refractivity contribution in [3.8, 4) is 5.75 Å². The third kappa shape index (κ3) is 4.01. The Morgan fingerprint density at radius 1 is 1.21 bits per heavy atom. The topological polar surface area (TPSA) is 76.7 Å². The lowest BCUT2D eigenvalue weighted by Crippen LogP contribution is -2.38. The number of rotatable bonds is 5. The summed E-state index contributed by atoms with van der Waals surface area (Å²) >= 11 is 1.75. The molecule has 2 aliphatic heterocycles. The number of aromatic nitrogens is 4. The highest BCUT2D eigenvalue weighted by molar-refractivity contribution is 7.19. The summed E-state index contributed by atoms with van der Waals surface area (Å²) in [5.41, 5.74) is 2.94. The lowest BCUT2D eigenvalue weighted by atomic mass is 9.96. The van der Waals surface area contributed by atoms with Crippen molar-refractivity contribution < 1.29 is 4.74 Å². The Balaban J connectivity index is 0.00000241. The first-order valence-electron chi connectivity index (χ1n) is 11.6. The smallest absolute Gasteiger partial charge is 0.352 e. The van der Waals surface area contributed by atoms with Gasteiger partial charge in [0.05, 0.1) is 19.0 Å². The molecule has 2 aliphatic rings. The second-order valence-electron chi connectivity index (χ2n) is 9.07. The largest absolute Gasteiger partial charge is 0.497 e. The zero-order valence-electron chi connectivity index (χ0n) is 18.8. The molecule has 0 radical (unpaired) electrons. The molecule has 0 spiro atoms. The number of nitrogens with zero attached hydrogens (tertiary/aromatic N) is 5. The van der Waals surface area contributed by atoms with Crippen LogP contribution in [-0.2, 0) is 19.5 Å². The van der Waals surface area contributed by atoms with Gasteiger partial charge in [0.15, 0.2) is 5.65 Å². The van der Waals surface area contributed by atoms with E-state index in [1.165, 1.54) is 34.1 Å². The molecule has 5 heterocycles. The molecule has 0 aliphatic carbocycles. The van der Waals surface area contributed by atoms with Gasteiger partial charge in [-0.3, -0.25) is 9.47 Å². The van der Waals surface area contributed by atoms with Gasteiger partial charge in [0, 0.05) is 24.5 Å². The second kappa shape index (κ2) is 9.48. The van der Waals surface area contributed by atoms with Gasteiger partial charge in [0.25, 0.3) is 0 Å². The van der Waals surface area contributed by atoms with Crippen molar-refractivity contribution in [3.63, 3.8) is 0 Å². The van der Waals surface area contributed by atoms with E-state index in [1.807, 2.05) is 28.8 Å². The fourth-order valence-corrected chi connectivity index (χ4v) is 6.63. The Bertz CT molecular complexity index is 1350. The fraction of sp³-hybridized carbons (Fsp3) is 0.480. The van der Waals surface area contributed by atoms with Gasteiger partial charge in [0.2, 0.25) is 0 Å². The second-order valence-corrected chi connectivity index (χ2v) is 10.2. The van der Waals surface area contributed by atoms with E-state index < -0.39 is 0 Å². The lowest BCUT2D eigenvalue weighted by molar-refractivity contribution is 0.194. The van der Waals surface area contributed by atoms with Crippen molar-refractivity contribution in [1.82, 2.24) is 29.4 Å².